The second-order valence-corrected chi connectivity index (χ2v) is 5.48. The highest BCUT2D eigenvalue weighted by Crippen LogP contribution is 2.26. The minimum absolute atomic E-state index is 0.0211. The molecule has 2 heterocycles. The summed E-state index contributed by atoms with van der Waals surface area (Å²) in [5.74, 6) is 0.851. The Balaban J connectivity index is 1.86. The third kappa shape index (κ3) is 2.33. The second-order valence-electron chi connectivity index (χ2n) is 5.48. The minimum Gasteiger partial charge on any atom is -0.369 e. The number of para-hydroxylation sites is 1. The molecule has 1 amide bonds. The number of piperidine rings is 1. The number of rotatable bonds is 2. The van der Waals surface area contributed by atoms with Crippen LogP contribution in [0.1, 0.15) is 18.4 Å². The van der Waals surface area contributed by atoms with Gasteiger partial charge in [0, 0.05) is 24.4 Å². The molecule has 0 spiro atoms. The van der Waals surface area contributed by atoms with E-state index in [9.17, 15) is 4.79 Å². The zero-order chi connectivity index (χ0) is 14.1. The van der Waals surface area contributed by atoms with E-state index in [1.807, 2.05) is 18.2 Å². The minimum atomic E-state index is -0.174. The van der Waals surface area contributed by atoms with Crippen LogP contribution in [0.15, 0.2) is 30.3 Å². The third-order valence-electron chi connectivity index (χ3n) is 4.13. The highest BCUT2D eigenvalue weighted by molar-refractivity contribution is 5.84. The monoisotopic (exact) mass is 269 g/mol. The average Bonchev–Trinajstić information content (AvgIpc) is 2.47. The Morgan fingerprint density at radius 2 is 2.00 bits per heavy atom. The molecule has 20 heavy (non-hydrogen) atoms. The molecule has 3 rings (SSSR count). The molecule has 0 bridgehead atoms. The Morgan fingerprint density at radius 1 is 1.30 bits per heavy atom. The SMILES string of the molecule is Cc1cc(N2CCC(C(N)=O)CC2)nc2ccccc12. The fraction of sp³-hybridized carbons (Fsp3) is 0.375. The number of pyridine rings is 1. The number of nitrogens with zero attached hydrogens (tertiary/aromatic N) is 2. The van der Waals surface area contributed by atoms with Crippen molar-refractivity contribution in [3.05, 3.63) is 35.9 Å². The molecule has 1 aromatic carbocycles. The van der Waals surface area contributed by atoms with Gasteiger partial charge in [0.25, 0.3) is 0 Å². The van der Waals surface area contributed by atoms with Gasteiger partial charge < -0.3 is 10.6 Å². The van der Waals surface area contributed by atoms with Gasteiger partial charge in [-0.05, 0) is 37.5 Å². The molecule has 1 aliphatic heterocycles. The van der Waals surface area contributed by atoms with Crippen LogP contribution in [0.3, 0.4) is 0 Å². The van der Waals surface area contributed by atoms with Crippen molar-refractivity contribution in [3.8, 4) is 0 Å². The van der Waals surface area contributed by atoms with Gasteiger partial charge in [-0.2, -0.15) is 0 Å². The highest BCUT2D eigenvalue weighted by Gasteiger charge is 2.24. The van der Waals surface area contributed by atoms with E-state index in [0.29, 0.717) is 0 Å². The van der Waals surface area contributed by atoms with Gasteiger partial charge in [0.1, 0.15) is 5.82 Å². The van der Waals surface area contributed by atoms with Crippen LogP contribution in [-0.4, -0.2) is 24.0 Å². The first-order valence-corrected chi connectivity index (χ1v) is 7.06. The molecule has 1 fully saturated rings. The highest BCUT2D eigenvalue weighted by atomic mass is 16.1. The van der Waals surface area contributed by atoms with E-state index in [1.165, 1.54) is 10.9 Å². The number of hydrogen-bond acceptors (Lipinski definition) is 3. The molecular weight excluding hydrogens is 250 g/mol. The molecule has 0 atom stereocenters. The van der Waals surface area contributed by atoms with E-state index in [2.05, 4.69) is 24.0 Å². The van der Waals surface area contributed by atoms with Gasteiger partial charge in [-0.1, -0.05) is 18.2 Å². The van der Waals surface area contributed by atoms with Crippen LogP contribution < -0.4 is 10.6 Å². The van der Waals surface area contributed by atoms with Gasteiger partial charge in [-0.3, -0.25) is 4.79 Å². The lowest BCUT2D eigenvalue weighted by molar-refractivity contribution is -0.122. The average molecular weight is 269 g/mol. The van der Waals surface area contributed by atoms with Crippen LogP contribution in [0.2, 0.25) is 0 Å². The van der Waals surface area contributed by atoms with Crippen molar-refractivity contribution in [2.24, 2.45) is 11.7 Å². The third-order valence-corrected chi connectivity index (χ3v) is 4.13. The van der Waals surface area contributed by atoms with Gasteiger partial charge >= 0.3 is 0 Å². The molecule has 0 unspecified atom stereocenters. The number of carbonyl (C=O) groups is 1. The number of benzene rings is 1. The summed E-state index contributed by atoms with van der Waals surface area (Å²) in [5, 5.41) is 1.20. The molecule has 0 saturated carbocycles. The molecule has 4 heteroatoms. The van der Waals surface area contributed by atoms with Crippen molar-refractivity contribution in [2.45, 2.75) is 19.8 Å². The molecular formula is C16H19N3O. The van der Waals surface area contributed by atoms with E-state index in [0.717, 1.165) is 37.3 Å². The van der Waals surface area contributed by atoms with Crippen LogP contribution >= 0.6 is 0 Å². The van der Waals surface area contributed by atoms with Gasteiger partial charge in [-0.25, -0.2) is 4.98 Å². The molecule has 104 valence electrons. The topological polar surface area (TPSA) is 59.2 Å². The standard InChI is InChI=1S/C16H19N3O/c1-11-10-15(18-14-5-3-2-4-13(11)14)19-8-6-12(7-9-19)16(17)20/h2-5,10,12H,6-9H2,1H3,(H2,17,20). The number of primary amides is 1. The van der Waals surface area contributed by atoms with Crippen molar-refractivity contribution >= 4 is 22.6 Å². The summed E-state index contributed by atoms with van der Waals surface area (Å²) in [5.41, 5.74) is 7.64. The van der Waals surface area contributed by atoms with Crippen molar-refractivity contribution < 1.29 is 4.79 Å². The quantitative estimate of drug-likeness (QED) is 0.909. The first-order chi connectivity index (χ1) is 9.65. The van der Waals surface area contributed by atoms with Gasteiger partial charge in [-0.15, -0.1) is 0 Å². The molecule has 0 radical (unpaired) electrons. The van der Waals surface area contributed by atoms with E-state index in [1.54, 1.807) is 0 Å². The summed E-state index contributed by atoms with van der Waals surface area (Å²) < 4.78 is 0. The molecule has 2 N–H and O–H groups in total. The number of fused-ring (bicyclic) bond motifs is 1. The zero-order valence-corrected chi connectivity index (χ0v) is 11.7. The van der Waals surface area contributed by atoms with Crippen LogP contribution in [0.25, 0.3) is 10.9 Å². The van der Waals surface area contributed by atoms with Crippen molar-refractivity contribution in [2.75, 3.05) is 18.0 Å². The largest absolute Gasteiger partial charge is 0.369 e. The number of aromatic nitrogens is 1. The summed E-state index contributed by atoms with van der Waals surface area (Å²) in [6.45, 7) is 3.81. The number of hydrogen-bond donors (Lipinski definition) is 1. The van der Waals surface area contributed by atoms with Crippen LogP contribution in [0, 0.1) is 12.8 Å². The lowest BCUT2D eigenvalue weighted by Crippen LogP contribution is -2.38. The van der Waals surface area contributed by atoms with Gasteiger partial charge in [0.15, 0.2) is 0 Å². The smallest absolute Gasteiger partial charge is 0.220 e. The molecule has 1 aliphatic rings. The summed E-state index contributed by atoms with van der Waals surface area (Å²) in [7, 11) is 0. The van der Waals surface area contributed by atoms with Crippen molar-refractivity contribution in [1.82, 2.24) is 4.98 Å². The summed E-state index contributed by atoms with van der Waals surface area (Å²) in [4.78, 5) is 18.2. The first kappa shape index (κ1) is 12.9. The zero-order valence-electron chi connectivity index (χ0n) is 11.7. The van der Waals surface area contributed by atoms with E-state index in [-0.39, 0.29) is 11.8 Å². The Morgan fingerprint density at radius 3 is 2.70 bits per heavy atom. The summed E-state index contributed by atoms with van der Waals surface area (Å²) >= 11 is 0. The lowest BCUT2D eigenvalue weighted by atomic mass is 9.96. The Labute approximate surface area is 118 Å². The molecule has 1 aromatic heterocycles. The van der Waals surface area contributed by atoms with E-state index in [4.69, 9.17) is 10.7 Å². The molecule has 2 aromatic rings. The van der Waals surface area contributed by atoms with Crippen LogP contribution in [0.5, 0.6) is 0 Å². The maximum Gasteiger partial charge on any atom is 0.220 e. The van der Waals surface area contributed by atoms with E-state index < -0.39 is 0 Å². The normalized spacial score (nSPS) is 16.6. The maximum absolute atomic E-state index is 11.2. The Hall–Kier alpha value is -2.10. The summed E-state index contributed by atoms with van der Waals surface area (Å²) in [6, 6.07) is 10.3. The van der Waals surface area contributed by atoms with Crippen molar-refractivity contribution in [3.63, 3.8) is 0 Å². The van der Waals surface area contributed by atoms with E-state index >= 15 is 0 Å². The molecule has 4 nitrogen and oxygen atoms in total. The number of anilines is 1. The fourth-order valence-electron chi connectivity index (χ4n) is 2.89. The number of amides is 1. The predicted molar refractivity (Wildman–Crippen MR) is 80.6 cm³/mol. The maximum atomic E-state index is 11.2. The van der Waals surface area contributed by atoms with Crippen LogP contribution in [-0.2, 0) is 4.79 Å². The van der Waals surface area contributed by atoms with Gasteiger partial charge in [0.05, 0.1) is 5.52 Å². The Kier molecular flexibility index (Phi) is 3.30. The number of nitrogens with two attached hydrogens (primary N) is 1. The predicted octanol–water partition coefficient (Wildman–Crippen LogP) is 2.24. The summed E-state index contributed by atoms with van der Waals surface area (Å²) in [6.07, 6.45) is 1.64. The first-order valence-electron chi connectivity index (χ1n) is 7.06. The van der Waals surface area contributed by atoms with Crippen molar-refractivity contribution in [1.29, 1.82) is 0 Å². The number of aryl methyl sites for hydroxylation is 1. The molecule has 1 saturated heterocycles. The van der Waals surface area contributed by atoms with Gasteiger partial charge in [0.2, 0.25) is 5.91 Å². The van der Waals surface area contributed by atoms with Crippen LogP contribution in [0.4, 0.5) is 5.82 Å². The number of carbonyl (C=O) groups excluding carboxylic acids is 1. The Bertz CT molecular complexity index is 645. The second kappa shape index (κ2) is 5.12. The lowest BCUT2D eigenvalue weighted by Gasteiger charge is -2.31. The fourth-order valence-corrected chi connectivity index (χ4v) is 2.89. The molecule has 0 aliphatic carbocycles.